The maximum absolute atomic E-state index is 9.23. The minimum atomic E-state index is -2.18. The summed E-state index contributed by atoms with van der Waals surface area (Å²) in [5, 5.41) is 2.58. The molecule has 3 heterocycles. The molecule has 0 bridgehead atoms. The van der Waals surface area contributed by atoms with Crippen molar-refractivity contribution in [2.75, 3.05) is 14.7 Å². The molecule has 0 fully saturated rings. The molecule has 1 aromatic heterocycles. The fourth-order valence-electron chi connectivity index (χ4n) is 9.42. The average Bonchev–Trinajstić information content (AvgIpc) is 3.74. The molecule has 0 unspecified atom stereocenters. The van der Waals surface area contributed by atoms with Gasteiger partial charge in [0.25, 0.3) is 0 Å². The van der Waals surface area contributed by atoms with Crippen LogP contribution in [0.2, 0.25) is 13.1 Å². The first-order valence-electron chi connectivity index (χ1n) is 26.0. The summed E-state index contributed by atoms with van der Waals surface area (Å²) < 4.78 is 51.2. The maximum Gasteiger partial charge on any atom is 0.135 e. The van der Waals surface area contributed by atoms with E-state index < -0.39 is 14.1 Å². The Hall–Kier alpha value is -6.20. The summed E-state index contributed by atoms with van der Waals surface area (Å²) in [6.45, 7) is 26.7. The molecule has 69 heavy (non-hydrogen) atoms. The summed E-state index contributed by atoms with van der Waals surface area (Å²) in [7, 11) is -2.18. The number of fused-ring (bicyclic) bond motifs is 3. The van der Waals surface area contributed by atoms with Gasteiger partial charge < -0.3 is 19.4 Å². The van der Waals surface area contributed by atoms with Gasteiger partial charge in [-0.2, -0.15) is 12.1 Å². The molecular weight excluding hydrogens is 1040 g/mol. The summed E-state index contributed by atoms with van der Waals surface area (Å²) in [5.41, 5.74) is 10.7. The third kappa shape index (κ3) is 8.99. The van der Waals surface area contributed by atoms with E-state index in [0.29, 0.717) is 28.4 Å². The standard InChI is InChI=1S/C62H61N4OSi.Pt/c1-60(2,3)44-33-34-63-58(38-44)66-54-29-17-18-30-56(54)68(10,11)57-32-31-49(40-55(57)66)67-48-24-19-23-47(39-48)64-41-65(53-28-16-15-27-52(53)64)59-50(42-21-13-12-14-22-42)25-20-26-51(59)43-35-45(61(4,5)6)37-46(36-43)62(7,8)9;/h12-38,41H,1-11H3;/q-3;/i12D,13D,14D,21D,22D;. The zero-order valence-electron chi connectivity index (χ0n) is 46.3. The van der Waals surface area contributed by atoms with Crippen LogP contribution >= 0.6 is 0 Å². The molecule has 0 saturated heterocycles. The largest absolute Gasteiger partial charge is 0.509 e. The number of rotatable bonds is 7. The number of pyridine rings is 1. The average molecular weight is 1110 g/mol. The number of para-hydroxylation sites is 4. The minimum Gasteiger partial charge on any atom is -0.509 e. The summed E-state index contributed by atoms with van der Waals surface area (Å²) in [4.78, 5) is 11.3. The molecule has 2 aliphatic heterocycles. The predicted octanol–water partition coefficient (Wildman–Crippen LogP) is 15.7. The molecule has 0 radical (unpaired) electrons. The molecular formula is C62H61N4OPtSi-3. The van der Waals surface area contributed by atoms with Crippen LogP contribution in [-0.4, -0.2) is 13.1 Å². The number of benzene rings is 7. The Bertz CT molecular complexity index is 3440. The van der Waals surface area contributed by atoms with Crippen LogP contribution in [0.1, 0.15) is 85.9 Å². The molecule has 7 aromatic carbocycles. The maximum atomic E-state index is 9.23. The second kappa shape index (κ2) is 18.0. The molecule has 0 atom stereocenters. The van der Waals surface area contributed by atoms with Crippen LogP contribution in [0.15, 0.2) is 164 Å². The van der Waals surface area contributed by atoms with Crippen LogP contribution < -0.4 is 29.8 Å². The Morgan fingerprint density at radius 1 is 0.565 bits per heavy atom. The van der Waals surface area contributed by atoms with Gasteiger partial charge in [0.05, 0.1) is 14.9 Å². The minimum absolute atomic E-state index is 0. The van der Waals surface area contributed by atoms with Crippen molar-refractivity contribution in [3.63, 3.8) is 0 Å². The fourth-order valence-corrected chi connectivity index (χ4v) is 12.3. The number of ether oxygens (including phenoxy) is 1. The van der Waals surface area contributed by atoms with Gasteiger partial charge >= 0.3 is 0 Å². The zero-order chi connectivity index (χ0) is 52.1. The Kier molecular flexibility index (Phi) is 10.9. The Labute approximate surface area is 433 Å². The second-order valence-electron chi connectivity index (χ2n) is 21.6. The van der Waals surface area contributed by atoms with E-state index >= 15 is 0 Å². The Balaban J connectivity index is 0.00000672. The fraction of sp³-hybridized carbons (Fsp3) is 0.226. The molecule has 0 amide bonds. The summed E-state index contributed by atoms with van der Waals surface area (Å²) in [6, 6.07) is 49.2. The predicted molar refractivity (Wildman–Crippen MR) is 288 cm³/mol. The van der Waals surface area contributed by atoms with Crippen molar-refractivity contribution in [3.05, 3.63) is 199 Å². The topological polar surface area (TPSA) is 31.8 Å². The molecule has 5 nitrogen and oxygen atoms in total. The molecule has 352 valence electrons. The van der Waals surface area contributed by atoms with Crippen molar-refractivity contribution < 1.29 is 32.7 Å². The van der Waals surface area contributed by atoms with Crippen LogP contribution in [-0.2, 0) is 37.3 Å². The number of anilines is 7. The summed E-state index contributed by atoms with van der Waals surface area (Å²) in [6.07, 6.45) is 1.90. The van der Waals surface area contributed by atoms with Gasteiger partial charge in [-0.15, -0.1) is 47.9 Å². The number of hydrogen-bond acceptors (Lipinski definition) is 5. The van der Waals surface area contributed by atoms with E-state index in [-0.39, 0.29) is 67.0 Å². The van der Waals surface area contributed by atoms with E-state index in [1.807, 2.05) is 67.5 Å². The van der Waals surface area contributed by atoms with Gasteiger partial charge in [0, 0.05) is 72.6 Å². The second-order valence-corrected chi connectivity index (χ2v) is 25.9. The smallest absolute Gasteiger partial charge is 0.135 e. The zero-order valence-corrected chi connectivity index (χ0v) is 44.6. The van der Waals surface area contributed by atoms with Gasteiger partial charge in [0.2, 0.25) is 0 Å². The summed E-state index contributed by atoms with van der Waals surface area (Å²) >= 11 is 0. The van der Waals surface area contributed by atoms with Gasteiger partial charge in [0.15, 0.2) is 0 Å². The van der Waals surface area contributed by atoms with Gasteiger partial charge in [-0.1, -0.05) is 178 Å². The van der Waals surface area contributed by atoms with Crippen molar-refractivity contribution in [2.24, 2.45) is 0 Å². The molecule has 7 heteroatoms. The van der Waals surface area contributed by atoms with Crippen molar-refractivity contribution in [1.82, 2.24) is 4.98 Å². The van der Waals surface area contributed by atoms with E-state index in [1.165, 1.54) is 27.1 Å². The van der Waals surface area contributed by atoms with Gasteiger partial charge in [-0.05, 0) is 79.6 Å². The van der Waals surface area contributed by atoms with Crippen LogP contribution in [0.5, 0.6) is 11.5 Å². The molecule has 10 rings (SSSR count). The van der Waals surface area contributed by atoms with Crippen molar-refractivity contribution in [3.8, 4) is 33.8 Å². The molecule has 0 spiro atoms. The van der Waals surface area contributed by atoms with Crippen LogP contribution in [0.4, 0.5) is 39.9 Å². The Morgan fingerprint density at radius 2 is 1.16 bits per heavy atom. The van der Waals surface area contributed by atoms with Crippen molar-refractivity contribution in [1.29, 1.82) is 0 Å². The van der Waals surface area contributed by atoms with E-state index in [2.05, 4.69) is 175 Å². The van der Waals surface area contributed by atoms with E-state index in [1.54, 1.807) is 0 Å². The van der Waals surface area contributed by atoms with Gasteiger partial charge in [0.1, 0.15) is 5.82 Å². The molecule has 0 N–H and O–H groups in total. The van der Waals surface area contributed by atoms with Crippen molar-refractivity contribution >= 4 is 58.4 Å². The first-order valence-corrected chi connectivity index (χ1v) is 26.5. The van der Waals surface area contributed by atoms with E-state index in [9.17, 15) is 2.74 Å². The van der Waals surface area contributed by atoms with Crippen LogP contribution in [0.3, 0.4) is 0 Å². The monoisotopic (exact) mass is 1110 g/mol. The third-order valence-electron chi connectivity index (χ3n) is 13.3. The van der Waals surface area contributed by atoms with Crippen molar-refractivity contribution in [2.45, 2.75) is 91.7 Å². The van der Waals surface area contributed by atoms with Gasteiger partial charge in [-0.25, -0.2) is 4.98 Å². The van der Waals surface area contributed by atoms with E-state index in [0.717, 1.165) is 39.7 Å². The van der Waals surface area contributed by atoms with Gasteiger partial charge in [-0.3, -0.25) is 0 Å². The Morgan fingerprint density at radius 3 is 1.83 bits per heavy atom. The first kappa shape index (κ1) is 41.7. The summed E-state index contributed by atoms with van der Waals surface area (Å²) in [5.74, 6) is 1.87. The molecule has 8 aromatic rings. The van der Waals surface area contributed by atoms with Crippen LogP contribution in [0.25, 0.3) is 22.3 Å². The van der Waals surface area contributed by atoms with E-state index in [4.69, 9.17) is 13.8 Å². The number of nitrogens with zero attached hydrogens (tertiary/aromatic N) is 4. The quantitative estimate of drug-likeness (QED) is 0.117. The first-order chi connectivity index (χ1) is 34.4. The SMILES string of the molecule is [2H]c1c([2H])c([2H])c(-c2cccc(-c3cc(C(C)(C)C)cc(C(C)(C)C)c3)c2N2[CH-]N(c3[c-]c(Oc4[c-]c5c(cc4)[Si](C)(C)c4ccccc4N5c4cc(C(C)(C)C)ccn4)ccc3)c3ccccc32)c([2H])c1[2H].[Pt]. The van der Waals surface area contributed by atoms with Crippen LogP contribution in [0, 0.1) is 18.8 Å². The number of aromatic nitrogens is 1. The molecule has 2 aliphatic rings. The number of hydrogen-bond donors (Lipinski definition) is 0. The normalized spacial score (nSPS) is 15.2. The molecule has 0 aliphatic carbocycles. The molecule has 0 saturated carbocycles. The third-order valence-corrected chi connectivity index (χ3v) is 16.9.